The van der Waals surface area contributed by atoms with Crippen molar-refractivity contribution < 1.29 is 38.0 Å². The molecule has 0 spiro atoms. The molecule has 1 aromatic carbocycles. The average molecular weight is 590 g/mol. The lowest BCUT2D eigenvalue weighted by Gasteiger charge is -2.43. The van der Waals surface area contributed by atoms with Crippen molar-refractivity contribution >= 4 is 34.7 Å². The van der Waals surface area contributed by atoms with E-state index < -0.39 is 0 Å². The van der Waals surface area contributed by atoms with Crippen molar-refractivity contribution in [1.29, 1.82) is 0 Å². The summed E-state index contributed by atoms with van der Waals surface area (Å²) in [6, 6.07) is 7.60. The fourth-order valence-electron chi connectivity index (χ4n) is 5.05. The van der Waals surface area contributed by atoms with Crippen molar-refractivity contribution in [3.63, 3.8) is 0 Å². The van der Waals surface area contributed by atoms with Crippen molar-refractivity contribution in [3.8, 4) is 10.6 Å². The number of likely N-dealkylation sites (tertiary alicyclic amines) is 1. The van der Waals surface area contributed by atoms with Gasteiger partial charge in [0.1, 0.15) is 10.2 Å². The van der Waals surface area contributed by atoms with E-state index in [0.29, 0.717) is 23.4 Å². The van der Waals surface area contributed by atoms with Crippen LogP contribution in [0.5, 0.6) is 0 Å². The summed E-state index contributed by atoms with van der Waals surface area (Å²) in [5, 5.41) is 5.96. The van der Waals surface area contributed by atoms with Crippen LogP contribution in [0.25, 0.3) is 10.6 Å². The van der Waals surface area contributed by atoms with E-state index in [4.69, 9.17) is 16.3 Å². The second kappa shape index (κ2) is 12.0. The first kappa shape index (κ1) is 25.7. The fraction of sp³-hybridized carbons (Fsp3) is 0.583. The van der Waals surface area contributed by atoms with E-state index in [-0.39, 0.29) is 30.1 Å². The Kier molecular flexibility index (Phi) is 9.64. The minimum atomic E-state index is -0.389. The van der Waals surface area contributed by atoms with Crippen LogP contribution in [0.2, 0.25) is 5.15 Å². The summed E-state index contributed by atoms with van der Waals surface area (Å²) in [6.07, 6.45) is 8.96. The Labute approximate surface area is 217 Å². The number of carbonyl (C=O) groups excluding carboxylic acids is 1. The predicted molar refractivity (Wildman–Crippen MR) is 128 cm³/mol. The molecule has 2 aliphatic rings. The highest BCUT2D eigenvalue weighted by molar-refractivity contribution is 7.13. The molecule has 0 bridgehead atoms. The Morgan fingerprint density at radius 3 is 2.62 bits per heavy atom. The number of hydrogen-bond donors (Lipinski definition) is 1. The topological polar surface area (TPSA) is 51.2 Å². The Hall–Kier alpha value is -0.900. The van der Waals surface area contributed by atoms with Crippen LogP contribution in [0.1, 0.15) is 44.9 Å². The van der Waals surface area contributed by atoms with E-state index in [1.165, 1.54) is 67.6 Å². The molecule has 1 saturated carbocycles. The van der Waals surface area contributed by atoms with Gasteiger partial charge < -0.3 is 33.2 Å². The Balaban J connectivity index is 0.00000289. The Morgan fingerprint density at radius 1 is 1.19 bits per heavy atom. The van der Waals surface area contributed by atoms with E-state index >= 15 is 0 Å². The first-order valence-corrected chi connectivity index (χ1v) is 12.7. The molecule has 2 fully saturated rings. The third kappa shape index (κ3) is 7.30. The third-order valence-corrected chi connectivity index (χ3v) is 8.07. The van der Waals surface area contributed by atoms with Crippen molar-refractivity contribution in [1.82, 2.24) is 4.98 Å². The third-order valence-electron chi connectivity index (χ3n) is 6.86. The van der Waals surface area contributed by atoms with Crippen LogP contribution < -0.4 is 29.3 Å². The largest absolute Gasteiger partial charge is 1.00 e. The Bertz CT molecular complexity index is 880. The van der Waals surface area contributed by atoms with Gasteiger partial charge in [-0.15, -0.1) is 11.3 Å². The normalized spacial score (nSPS) is 23.9. The maximum atomic E-state index is 12.3. The van der Waals surface area contributed by atoms with Crippen LogP contribution in [0.15, 0.2) is 29.6 Å². The number of quaternary nitrogens is 1. The zero-order valence-electron chi connectivity index (χ0n) is 18.7. The minimum absolute atomic E-state index is 0. The van der Waals surface area contributed by atoms with Crippen LogP contribution in [-0.4, -0.2) is 48.8 Å². The summed E-state index contributed by atoms with van der Waals surface area (Å²) in [4.78, 5) is 16.6. The molecule has 8 heteroatoms. The molecule has 4 rings (SSSR count). The first-order valence-electron chi connectivity index (χ1n) is 11.5. The van der Waals surface area contributed by atoms with Gasteiger partial charge in [0.05, 0.1) is 33.3 Å². The molecule has 1 amide bonds. The molecule has 0 radical (unpaired) electrons. The number of hydrogen-bond acceptors (Lipinski definition) is 4. The zero-order valence-corrected chi connectivity index (χ0v) is 22.4. The summed E-state index contributed by atoms with van der Waals surface area (Å²) in [5.41, 5.74) is 1.63. The number of nitrogens with one attached hydrogen (secondary N) is 1. The van der Waals surface area contributed by atoms with E-state index in [1.54, 1.807) is 5.38 Å². The maximum Gasteiger partial charge on any atom is 0.411 e. The number of ether oxygens (including phenoxy) is 1. The molecule has 2 heterocycles. The highest BCUT2D eigenvalue weighted by Crippen LogP contribution is 2.30. The molecule has 1 aliphatic heterocycles. The van der Waals surface area contributed by atoms with E-state index in [1.807, 2.05) is 24.3 Å². The van der Waals surface area contributed by atoms with Gasteiger partial charge in [0, 0.05) is 41.3 Å². The van der Waals surface area contributed by atoms with Crippen LogP contribution >= 0.6 is 22.9 Å². The molecule has 2 aromatic rings. The van der Waals surface area contributed by atoms with Gasteiger partial charge in [-0.05, 0) is 25.0 Å². The minimum Gasteiger partial charge on any atom is -1.00 e. The van der Waals surface area contributed by atoms with Crippen molar-refractivity contribution in [2.45, 2.75) is 44.9 Å². The van der Waals surface area contributed by atoms with Gasteiger partial charge >= 0.3 is 6.09 Å². The average Bonchev–Trinajstić information content (AvgIpc) is 3.21. The van der Waals surface area contributed by atoms with Crippen molar-refractivity contribution in [2.75, 3.05) is 38.6 Å². The lowest BCUT2D eigenvalue weighted by molar-refractivity contribution is -0.918. The van der Waals surface area contributed by atoms with Crippen LogP contribution in [0.3, 0.4) is 0 Å². The van der Waals surface area contributed by atoms with E-state index in [9.17, 15) is 4.79 Å². The number of benzene rings is 1. The first-order chi connectivity index (χ1) is 15.0. The van der Waals surface area contributed by atoms with Crippen LogP contribution in [-0.2, 0) is 4.74 Å². The molecule has 1 saturated heterocycles. The van der Waals surface area contributed by atoms with Gasteiger partial charge in [-0.3, -0.25) is 5.32 Å². The van der Waals surface area contributed by atoms with Gasteiger partial charge in [0.25, 0.3) is 0 Å². The number of piperidine rings is 1. The molecule has 1 aliphatic carbocycles. The van der Waals surface area contributed by atoms with E-state index in [2.05, 4.69) is 17.3 Å². The molecule has 0 atom stereocenters. The monoisotopic (exact) mass is 589 g/mol. The van der Waals surface area contributed by atoms with Crippen molar-refractivity contribution in [2.24, 2.45) is 11.8 Å². The molecule has 176 valence electrons. The predicted octanol–water partition coefficient (Wildman–Crippen LogP) is 3.45. The number of aromatic nitrogens is 1. The second-order valence-electron chi connectivity index (χ2n) is 9.48. The van der Waals surface area contributed by atoms with Crippen LogP contribution in [0, 0.1) is 11.8 Å². The number of amides is 1. The summed E-state index contributed by atoms with van der Waals surface area (Å²) in [6.45, 7) is 4.22. The number of halogens is 2. The highest BCUT2D eigenvalue weighted by atomic mass is 127. The fourth-order valence-corrected chi connectivity index (χ4v) is 6.00. The molecular weight excluding hydrogens is 557 g/mol. The standard InChI is InChI=1S/C24H32ClN3O2S.HI/c1-28(15-18-6-3-2-4-7-18)12-10-19(11-13-28)16-30-24(29)26-21-9-5-8-20(14-21)23-27-22(25)17-31-23;/h5,8-9,14,17-19H,2-4,6-7,10-13,15-16H2,1H3;1H. The Morgan fingerprint density at radius 2 is 1.94 bits per heavy atom. The lowest BCUT2D eigenvalue weighted by atomic mass is 9.87. The van der Waals surface area contributed by atoms with Crippen molar-refractivity contribution in [3.05, 3.63) is 34.8 Å². The van der Waals surface area contributed by atoms with Gasteiger partial charge in [-0.2, -0.15) is 0 Å². The number of anilines is 1. The smallest absolute Gasteiger partial charge is 0.411 e. The number of nitrogens with zero attached hydrogens (tertiary/aromatic N) is 2. The SMILES string of the molecule is C[N+]1(CC2CCCCC2)CCC(COC(=O)Nc2cccc(-c3nc(Cl)cs3)c2)CC1.[I-]. The molecule has 0 unspecified atom stereocenters. The summed E-state index contributed by atoms with van der Waals surface area (Å²) >= 11 is 7.41. The number of rotatable bonds is 6. The van der Waals surface area contributed by atoms with Gasteiger partial charge in [-0.25, -0.2) is 9.78 Å². The summed E-state index contributed by atoms with van der Waals surface area (Å²) in [5.74, 6) is 1.38. The summed E-state index contributed by atoms with van der Waals surface area (Å²) < 4.78 is 6.76. The quantitative estimate of drug-likeness (QED) is 0.415. The van der Waals surface area contributed by atoms with Gasteiger partial charge in [0.2, 0.25) is 0 Å². The summed E-state index contributed by atoms with van der Waals surface area (Å²) in [7, 11) is 2.42. The molecule has 1 aromatic heterocycles. The van der Waals surface area contributed by atoms with Gasteiger partial charge in [0.15, 0.2) is 0 Å². The number of thiazole rings is 1. The van der Waals surface area contributed by atoms with E-state index in [0.717, 1.165) is 29.3 Å². The highest BCUT2D eigenvalue weighted by Gasteiger charge is 2.33. The second-order valence-corrected chi connectivity index (χ2v) is 10.7. The lowest BCUT2D eigenvalue weighted by Crippen LogP contribution is -3.00. The zero-order chi connectivity index (χ0) is 21.7. The molecule has 32 heavy (non-hydrogen) atoms. The van der Waals surface area contributed by atoms with Crippen LogP contribution in [0.4, 0.5) is 10.5 Å². The molecule has 1 N–H and O–H groups in total. The maximum absolute atomic E-state index is 12.3. The molecule has 5 nitrogen and oxygen atoms in total. The molecular formula is C24H33ClIN3O2S. The van der Waals surface area contributed by atoms with Gasteiger partial charge in [-0.1, -0.05) is 43.0 Å². The number of carbonyl (C=O) groups is 1.